The molecule has 0 spiro atoms. The highest BCUT2D eigenvalue weighted by Gasteiger charge is 2.33. The fourth-order valence-corrected chi connectivity index (χ4v) is 4.06. The van der Waals surface area contributed by atoms with Crippen LogP contribution in [-0.2, 0) is 4.79 Å². The summed E-state index contributed by atoms with van der Waals surface area (Å²) in [6, 6.07) is 18.3. The van der Waals surface area contributed by atoms with E-state index in [-0.39, 0.29) is 11.2 Å². The molecule has 2 aromatic carbocycles. The Morgan fingerprint density at radius 3 is 2.48 bits per heavy atom. The SMILES string of the molecule is CN(C)CCCN1C(=O)[C@@H](c2ccccc2)Sc2ccccc21. The number of nitrogens with zero attached hydrogens (tertiary/aromatic N) is 2. The highest BCUT2D eigenvalue weighted by Crippen LogP contribution is 2.46. The summed E-state index contributed by atoms with van der Waals surface area (Å²) in [5, 5.41) is -0.148. The molecule has 23 heavy (non-hydrogen) atoms. The zero-order valence-electron chi connectivity index (χ0n) is 13.6. The number of hydrogen-bond donors (Lipinski definition) is 0. The number of amides is 1. The van der Waals surface area contributed by atoms with Crippen LogP contribution in [0.4, 0.5) is 5.69 Å². The van der Waals surface area contributed by atoms with Crippen molar-refractivity contribution in [2.75, 3.05) is 32.1 Å². The molecule has 2 aromatic rings. The lowest BCUT2D eigenvalue weighted by Crippen LogP contribution is -2.38. The molecule has 0 aliphatic carbocycles. The maximum atomic E-state index is 13.1. The van der Waals surface area contributed by atoms with Gasteiger partial charge < -0.3 is 9.80 Å². The Balaban J connectivity index is 1.88. The molecule has 3 nitrogen and oxygen atoms in total. The first-order valence-electron chi connectivity index (χ1n) is 7.93. The first kappa shape index (κ1) is 16.1. The fraction of sp³-hybridized carbons (Fsp3) is 0.316. The first-order valence-corrected chi connectivity index (χ1v) is 8.81. The topological polar surface area (TPSA) is 23.6 Å². The van der Waals surface area contributed by atoms with E-state index in [1.54, 1.807) is 11.8 Å². The van der Waals surface area contributed by atoms with Crippen molar-refractivity contribution < 1.29 is 4.79 Å². The Morgan fingerprint density at radius 2 is 1.74 bits per heavy atom. The third kappa shape index (κ3) is 3.59. The Bertz CT molecular complexity index is 672. The quantitative estimate of drug-likeness (QED) is 0.834. The van der Waals surface area contributed by atoms with Crippen LogP contribution in [0, 0.1) is 0 Å². The van der Waals surface area contributed by atoms with E-state index in [4.69, 9.17) is 0 Å². The number of rotatable bonds is 5. The van der Waals surface area contributed by atoms with Crippen LogP contribution in [-0.4, -0.2) is 38.0 Å². The van der Waals surface area contributed by atoms with Gasteiger partial charge in [0.25, 0.3) is 0 Å². The molecule has 1 aliphatic rings. The van der Waals surface area contributed by atoms with E-state index in [2.05, 4.69) is 31.1 Å². The van der Waals surface area contributed by atoms with Gasteiger partial charge in [-0.1, -0.05) is 42.5 Å². The third-order valence-electron chi connectivity index (χ3n) is 3.98. The number of carbonyl (C=O) groups is 1. The smallest absolute Gasteiger partial charge is 0.245 e. The summed E-state index contributed by atoms with van der Waals surface area (Å²) in [4.78, 5) is 18.4. The molecule has 3 rings (SSSR count). The molecular formula is C19H22N2OS. The molecule has 1 heterocycles. The number of para-hydroxylation sites is 1. The summed E-state index contributed by atoms with van der Waals surface area (Å²) in [5.74, 6) is 0.193. The highest BCUT2D eigenvalue weighted by atomic mass is 32.2. The average molecular weight is 326 g/mol. The Morgan fingerprint density at radius 1 is 1.04 bits per heavy atom. The van der Waals surface area contributed by atoms with Crippen LogP contribution >= 0.6 is 11.8 Å². The number of fused-ring (bicyclic) bond motifs is 1. The molecule has 4 heteroatoms. The summed E-state index contributed by atoms with van der Waals surface area (Å²) in [5.41, 5.74) is 2.13. The van der Waals surface area contributed by atoms with Crippen LogP contribution in [0.2, 0.25) is 0 Å². The molecule has 0 bridgehead atoms. The molecular weight excluding hydrogens is 304 g/mol. The minimum absolute atomic E-state index is 0.148. The monoisotopic (exact) mass is 326 g/mol. The van der Waals surface area contributed by atoms with Crippen molar-refractivity contribution in [2.24, 2.45) is 0 Å². The molecule has 0 saturated heterocycles. The second kappa shape index (κ2) is 7.20. The van der Waals surface area contributed by atoms with Gasteiger partial charge in [-0.2, -0.15) is 0 Å². The van der Waals surface area contributed by atoms with E-state index in [0.717, 1.165) is 30.8 Å². The second-order valence-electron chi connectivity index (χ2n) is 6.02. The number of thioether (sulfide) groups is 1. The van der Waals surface area contributed by atoms with Crippen molar-refractivity contribution in [2.45, 2.75) is 16.6 Å². The van der Waals surface area contributed by atoms with Crippen molar-refractivity contribution in [3.8, 4) is 0 Å². The molecule has 1 amide bonds. The van der Waals surface area contributed by atoms with Crippen molar-refractivity contribution in [1.82, 2.24) is 4.90 Å². The van der Waals surface area contributed by atoms with Crippen LogP contribution in [0.15, 0.2) is 59.5 Å². The lowest BCUT2D eigenvalue weighted by Gasteiger charge is -2.34. The molecule has 1 atom stereocenters. The van der Waals surface area contributed by atoms with Crippen molar-refractivity contribution in [1.29, 1.82) is 0 Å². The summed E-state index contributed by atoms with van der Waals surface area (Å²) in [6.45, 7) is 1.74. The Labute approximate surface area is 142 Å². The van der Waals surface area contributed by atoms with Crippen LogP contribution in [0.25, 0.3) is 0 Å². The van der Waals surface area contributed by atoms with Crippen molar-refractivity contribution >= 4 is 23.4 Å². The second-order valence-corrected chi connectivity index (χ2v) is 7.17. The zero-order valence-corrected chi connectivity index (χ0v) is 14.4. The van der Waals surface area contributed by atoms with Crippen LogP contribution in [0.5, 0.6) is 0 Å². The molecule has 0 fully saturated rings. The summed E-state index contributed by atoms with van der Waals surface area (Å²) >= 11 is 1.66. The molecule has 0 unspecified atom stereocenters. The van der Waals surface area contributed by atoms with Crippen LogP contribution in [0.3, 0.4) is 0 Å². The van der Waals surface area contributed by atoms with E-state index < -0.39 is 0 Å². The van der Waals surface area contributed by atoms with Crippen molar-refractivity contribution in [3.63, 3.8) is 0 Å². The van der Waals surface area contributed by atoms with E-state index >= 15 is 0 Å². The molecule has 0 N–H and O–H groups in total. The largest absolute Gasteiger partial charge is 0.310 e. The minimum Gasteiger partial charge on any atom is -0.310 e. The standard InChI is InChI=1S/C19H22N2OS/c1-20(2)13-8-14-21-16-11-6-7-12-17(16)23-18(19(21)22)15-9-4-3-5-10-15/h3-7,9-12,18H,8,13-14H2,1-2H3/t18-/m1/s1. The van der Waals surface area contributed by atoms with Gasteiger partial charge in [-0.25, -0.2) is 0 Å². The molecule has 0 saturated carbocycles. The van der Waals surface area contributed by atoms with Gasteiger partial charge in [0.2, 0.25) is 5.91 Å². The zero-order chi connectivity index (χ0) is 16.2. The molecule has 0 radical (unpaired) electrons. The number of hydrogen-bond acceptors (Lipinski definition) is 3. The molecule has 0 aromatic heterocycles. The summed E-state index contributed by atoms with van der Waals surface area (Å²) in [6.07, 6.45) is 0.971. The summed E-state index contributed by atoms with van der Waals surface area (Å²) in [7, 11) is 4.13. The van der Waals surface area contributed by atoms with Gasteiger partial charge in [-0.3, -0.25) is 4.79 Å². The van der Waals surface area contributed by atoms with Gasteiger partial charge in [-0.15, -0.1) is 11.8 Å². The average Bonchev–Trinajstić information content (AvgIpc) is 2.57. The van der Waals surface area contributed by atoms with Crippen molar-refractivity contribution in [3.05, 3.63) is 60.2 Å². The third-order valence-corrected chi connectivity index (χ3v) is 5.29. The predicted octanol–water partition coefficient (Wildman–Crippen LogP) is 3.82. The number of benzene rings is 2. The lowest BCUT2D eigenvalue weighted by molar-refractivity contribution is -0.118. The van der Waals surface area contributed by atoms with E-state index in [9.17, 15) is 4.79 Å². The summed E-state index contributed by atoms with van der Waals surface area (Å²) < 4.78 is 0. The van der Waals surface area contributed by atoms with E-state index in [0.29, 0.717) is 0 Å². The Kier molecular flexibility index (Phi) is 5.03. The van der Waals surface area contributed by atoms with E-state index in [1.165, 1.54) is 4.90 Å². The predicted molar refractivity (Wildman–Crippen MR) is 97.0 cm³/mol. The maximum Gasteiger partial charge on any atom is 0.245 e. The Hall–Kier alpha value is -1.78. The first-order chi connectivity index (χ1) is 11.2. The van der Waals surface area contributed by atoms with Gasteiger partial charge in [0.1, 0.15) is 5.25 Å². The fourth-order valence-electron chi connectivity index (χ4n) is 2.83. The van der Waals surface area contributed by atoms with Gasteiger partial charge in [0, 0.05) is 11.4 Å². The van der Waals surface area contributed by atoms with Gasteiger partial charge in [-0.05, 0) is 44.8 Å². The van der Waals surface area contributed by atoms with Gasteiger partial charge >= 0.3 is 0 Å². The number of anilines is 1. The highest BCUT2D eigenvalue weighted by molar-refractivity contribution is 8.00. The maximum absolute atomic E-state index is 13.1. The molecule has 120 valence electrons. The van der Waals surface area contributed by atoms with E-state index in [1.807, 2.05) is 47.4 Å². The normalized spacial score (nSPS) is 17.4. The van der Waals surface area contributed by atoms with Crippen LogP contribution < -0.4 is 4.90 Å². The van der Waals surface area contributed by atoms with Gasteiger partial charge in [0.05, 0.1) is 5.69 Å². The van der Waals surface area contributed by atoms with Gasteiger partial charge in [0.15, 0.2) is 0 Å². The van der Waals surface area contributed by atoms with Crippen LogP contribution in [0.1, 0.15) is 17.2 Å². The lowest BCUT2D eigenvalue weighted by atomic mass is 10.1. The number of carbonyl (C=O) groups excluding carboxylic acids is 1. The molecule has 1 aliphatic heterocycles. The minimum atomic E-state index is -0.148.